The molecule has 2 heterocycles. The summed E-state index contributed by atoms with van der Waals surface area (Å²) in [6.45, 7) is 2.49. The van der Waals surface area contributed by atoms with E-state index >= 15 is 0 Å². The van der Waals surface area contributed by atoms with Crippen molar-refractivity contribution in [1.82, 2.24) is 14.9 Å². The topological polar surface area (TPSA) is 91.6 Å². The first-order chi connectivity index (χ1) is 15.0. The number of amides is 1. The molecule has 31 heavy (non-hydrogen) atoms. The van der Waals surface area contributed by atoms with E-state index in [-0.39, 0.29) is 29.8 Å². The maximum absolute atomic E-state index is 12.6. The number of nitrogens with zero attached hydrogens (tertiary/aromatic N) is 1. The molecule has 0 bridgehead atoms. The standard InChI is InChI=1S/C23H31N3O4S/c27-23(24-17-21(22-8-5-15-30-22)26-13-3-4-14-26)11-12-25-31(28,29)20-10-9-18-6-1-2-7-19(18)16-20/h5,8-10,15-16,21,25H,1-4,6-7,11-14,17H2,(H,24,27). The van der Waals surface area contributed by atoms with E-state index in [0.29, 0.717) is 6.54 Å². The summed E-state index contributed by atoms with van der Waals surface area (Å²) in [5.74, 6) is 0.666. The Balaban J connectivity index is 1.27. The summed E-state index contributed by atoms with van der Waals surface area (Å²) in [4.78, 5) is 14.9. The molecular weight excluding hydrogens is 414 g/mol. The van der Waals surface area contributed by atoms with E-state index in [4.69, 9.17) is 4.42 Å². The minimum absolute atomic E-state index is 0.00800. The maximum Gasteiger partial charge on any atom is 0.240 e. The molecule has 2 aliphatic rings. The molecule has 7 nitrogen and oxygen atoms in total. The summed E-state index contributed by atoms with van der Waals surface area (Å²) in [6.07, 6.45) is 8.23. The highest BCUT2D eigenvalue weighted by molar-refractivity contribution is 7.89. The van der Waals surface area contributed by atoms with Crippen LogP contribution in [0, 0.1) is 0 Å². The Morgan fingerprint density at radius 3 is 2.58 bits per heavy atom. The molecule has 1 fully saturated rings. The highest BCUT2D eigenvalue weighted by atomic mass is 32.2. The molecular formula is C23H31N3O4S. The Hall–Kier alpha value is -2.16. The van der Waals surface area contributed by atoms with Gasteiger partial charge in [-0.3, -0.25) is 9.69 Å². The van der Waals surface area contributed by atoms with Crippen LogP contribution in [0.4, 0.5) is 0 Å². The van der Waals surface area contributed by atoms with Gasteiger partial charge in [-0.2, -0.15) is 0 Å². The fourth-order valence-electron chi connectivity index (χ4n) is 4.50. The third-order valence-electron chi connectivity index (χ3n) is 6.22. The predicted molar refractivity (Wildman–Crippen MR) is 118 cm³/mol. The maximum atomic E-state index is 12.6. The first kappa shape index (κ1) is 22.0. The van der Waals surface area contributed by atoms with Gasteiger partial charge in [0.05, 0.1) is 17.2 Å². The number of hydrogen-bond donors (Lipinski definition) is 2. The van der Waals surface area contributed by atoms with Crippen molar-refractivity contribution in [3.05, 3.63) is 53.5 Å². The number of hydrogen-bond acceptors (Lipinski definition) is 5. The van der Waals surface area contributed by atoms with E-state index in [0.717, 1.165) is 62.9 Å². The molecule has 0 spiro atoms. The highest BCUT2D eigenvalue weighted by Gasteiger charge is 2.26. The molecule has 1 aliphatic heterocycles. The molecule has 2 N–H and O–H groups in total. The lowest BCUT2D eigenvalue weighted by atomic mass is 9.92. The van der Waals surface area contributed by atoms with Gasteiger partial charge in [0.25, 0.3) is 0 Å². The van der Waals surface area contributed by atoms with Gasteiger partial charge < -0.3 is 9.73 Å². The monoisotopic (exact) mass is 445 g/mol. The quantitative estimate of drug-likeness (QED) is 0.619. The van der Waals surface area contributed by atoms with Gasteiger partial charge in [-0.15, -0.1) is 0 Å². The largest absolute Gasteiger partial charge is 0.468 e. The summed E-state index contributed by atoms with van der Waals surface area (Å²) in [5.41, 5.74) is 2.37. The number of nitrogens with one attached hydrogen (secondary N) is 2. The predicted octanol–water partition coefficient (Wildman–Crippen LogP) is 2.78. The SMILES string of the molecule is O=C(CCNS(=O)(=O)c1ccc2c(c1)CCCC2)NCC(c1ccco1)N1CCCC1. The van der Waals surface area contributed by atoms with Crippen LogP contribution in [0.15, 0.2) is 45.9 Å². The van der Waals surface area contributed by atoms with E-state index in [1.54, 1.807) is 18.4 Å². The molecule has 8 heteroatoms. The third-order valence-corrected chi connectivity index (χ3v) is 7.68. The van der Waals surface area contributed by atoms with Crippen LogP contribution >= 0.6 is 0 Å². The number of furan rings is 1. The van der Waals surface area contributed by atoms with Crippen molar-refractivity contribution in [1.29, 1.82) is 0 Å². The molecule has 1 saturated heterocycles. The minimum Gasteiger partial charge on any atom is -0.468 e. The summed E-state index contributed by atoms with van der Waals surface area (Å²) in [6, 6.07) is 9.16. The molecule has 0 radical (unpaired) electrons. The van der Waals surface area contributed by atoms with Crippen LogP contribution in [-0.2, 0) is 27.7 Å². The lowest BCUT2D eigenvalue weighted by molar-refractivity contribution is -0.121. The Labute approximate surface area is 184 Å². The van der Waals surface area contributed by atoms with Crippen molar-refractivity contribution in [3.8, 4) is 0 Å². The number of likely N-dealkylation sites (tertiary alicyclic amines) is 1. The fourth-order valence-corrected chi connectivity index (χ4v) is 5.58. The zero-order valence-electron chi connectivity index (χ0n) is 17.8. The van der Waals surface area contributed by atoms with Crippen LogP contribution in [0.2, 0.25) is 0 Å². The molecule has 0 saturated carbocycles. The Bertz CT molecular complexity index is 982. The van der Waals surface area contributed by atoms with Gasteiger partial charge in [-0.25, -0.2) is 13.1 Å². The van der Waals surface area contributed by atoms with Crippen molar-refractivity contribution in [2.45, 2.75) is 55.9 Å². The van der Waals surface area contributed by atoms with Gasteiger partial charge >= 0.3 is 0 Å². The fraction of sp³-hybridized carbons (Fsp3) is 0.522. The van der Waals surface area contributed by atoms with Gasteiger partial charge in [0, 0.05) is 19.5 Å². The number of carbonyl (C=O) groups excluding carboxylic acids is 1. The number of aryl methyl sites for hydroxylation is 2. The first-order valence-electron chi connectivity index (χ1n) is 11.2. The molecule has 1 aliphatic carbocycles. The average molecular weight is 446 g/mol. The molecule has 168 valence electrons. The number of carbonyl (C=O) groups is 1. The smallest absolute Gasteiger partial charge is 0.240 e. The lowest BCUT2D eigenvalue weighted by Crippen LogP contribution is -2.38. The molecule has 1 unspecified atom stereocenters. The molecule has 1 aromatic heterocycles. The van der Waals surface area contributed by atoms with Gasteiger partial charge in [-0.05, 0) is 87.0 Å². The van der Waals surface area contributed by atoms with Gasteiger partial charge in [-0.1, -0.05) is 6.07 Å². The summed E-state index contributed by atoms with van der Waals surface area (Å²) >= 11 is 0. The van der Waals surface area contributed by atoms with Crippen LogP contribution < -0.4 is 10.0 Å². The van der Waals surface area contributed by atoms with Crippen molar-refractivity contribution >= 4 is 15.9 Å². The van der Waals surface area contributed by atoms with Crippen LogP contribution in [0.25, 0.3) is 0 Å². The number of rotatable bonds is 9. The van der Waals surface area contributed by atoms with Gasteiger partial charge in [0.1, 0.15) is 5.76 Å². The van der Waals surface area contributed by atoms with Crippen LogP contribution in [0.5, 0.6) is 0 Å². The Kier molecular flexibility index (Phi) is 7.09. The highest BCUT2D eigenvalue weighted by Crippen LogP contribution is 2.25. The second-order valence-electron chi connectivity index (χ2n) is 8.36. The lowest BCUT2D eigenvalue weighted by Gasteiger charge is -2.26. The van der Waals surface area contributed by atoms with Crippen molar-refractivity contribution in [3.63, 3.8) is 0 Å². The van der Waals surface area contributed by atoms with Crippen LogP contribution in [-0.4, -0.2) is 45.4 Å². The zero-order valence-corrected chi connectivity index (χ0v) is 18.6. The van der Waals surface area contributed by atoms with E-state index in [9.17, 15) is 13.2 Å². The summed E-state index contributed by atoms with van der Waals surface area (Å²) in [7, 11) is -3.62. The normalized spacial score (nSPS) is 17.9. The van der Waals surface area contributed by atoms with Crippen molar-refractivity contribution < 1.29 is 17.6 Å². The number of fused-ring (bicyclic) bond motifs is 1. The van der Waals surface area contributed by atoms with Gasteiger partial charge in [0.2, 0.25) is 15.9 Å². The molecule has 2 aromatic rings. The molecule has 1 atom stereocenters. The van der Waals surface area contributed by atoms with Gasteiger partial charge in [0.15, 0.2) is 0 Å². The van der Waals surface area contributed by atoms with Crippen molar-refractivity contribution in [2.24, 2.45) is 0 Å². The minimum atomic E-state index is -3.62. The summed E-state index contributed by atoms with van der Waals surface area (Å²) in [5, 5.41) is 2.94. The van der Waals surface area contributed by atoms with E-state index in [2.05, 4.69) is 14.9 Å². The second-order valence-corrected chi connectivity index (χ2v) is 10.1. The number of benzene rings is 1. The Morgan fingerprint density at radius 2 is 1.84 bits per heavy atom. The average Bonchev–Trinajstić information content (AvgIpc) is 3.48. The molecule has 1 aromatic carbocycles. The second kappa shape index (κ2) is 9.97. The molecule has 1 amide bonds. The molecule has 4 rings (SSSR count). The third kappa shape index (κ3) is 5.56. The van der Waals surface area contributed by atoms with E-state index in [1.807, 2.05) is 18.2 Å². The Morgan fingerprint density at radius 1 is 1.06 bits per heavy atom. The van der Waals surface area contributed by atoms with Crippen molar-refractivity contribution in [2.75, 3.05) is 26.2 Å². The zero-order chi connectivity index (χ0) is 21.7. The van der Waals surface area contributed by atoms with E-state index < -0.39 is 10.0 Å². The van der Waals surface area contributed by atoms with E-state index in [1.165, 1.54) is 5.56 Å². The first-order valence-corrected chi connectivity index (χ1v) is 12.7. The van der Waals surface area contributed by atoms with Crippen LogP contribution in [0.3, 0.4) is 0 Å². The summed E-state index contributed by atoms with van der Waals surface area (Å²) < 4.78 is 33.4. The number of sulfonamides is 1. The van der Waals surface area contributed by atoms with Crippen LogP contribution in [0.1, 0.15) is 55.0 Å².